The second kappa shape index (κ2) is 9.56. The van der Waals surface area contributed by atoms with Crippen LogP contribution < -0.4 is 5.32 Å². The predicted octanol–water partition coefficient (Wildman–Crippen LogP) is 2.89. The van der Waals surface area contributed by atoms with E-state index in [9.17, 15) is 4.79 Å². The number of rotatable bonds is 9. The lowest BCUT2D eigenvalue weighted by Crippen LogP contribution is -2.27. The van der Waals surface area contributed by atoms with Crippen LogP contribution in [0, 0.1) is 5.92 Å². The average molecular weight is 290 g/mol. The summed E-state index contributed by atoms with van der Waals surface area (Å²) in [6.45, 7) is 6.24. The summed E-state index contributed by atoms with van der Waals surface area (Å²) in [6, 6.07) is 8.67. The van der Waals surface area contributed by atoms with Crippen molar-refractivity contribution >= 4 is 5.91 Å². The molecule has 1 N–H and O–H groups in total. The molecular weight excluding hydrogens is 260 g/mol. The fourth-order valence-electron chi connectivity index (χ4n) is 2.28. The lowest BCUT2D eigenvalue weighted by molar-refractivity contribution is -0.121. The molecule has 0 atom stereocenters. The van der Waals surface area contributed by atoms with Gasteiger partial charge in [-0.3, -0.25) is 4.79 Å². The fraction of sp³-hybridized carbons (Fsp3) is 0.611. The van der Waals surface area contributed by atoms with E-state index in [2.05, 4.69) is 48.3 Å². The van der Waals surface area contributed by atoms with Gasteiger partial charge in [-0.25, -0.2) is 0 Å². The van der Waals surface area contributed by atoms with Crippen LogP contribution in [0.25, 0.3) is 0 Å². The molecular formula is C18H30N2O. The fourth-order valence-corrected chi connectivity index (χ4v) is 2.28. The Morgan fingerprint density at radius 2 is 1.76 bits per heavy atom. The summed E-state index contributed by atoms with van der Waals surface area (Å²) in [5.74, 6) is 0.837. The molecule has 0 bridgehead atoms. The van der Waals surface area contributed by atoms with Crippen molar-refractivity contribution in [2.45, 2.75) is 39.5 Å². The number of carbonyl (C=O) groups excluding carboxylic acids is 1. The highest BCUT2D eigenvalue weighted by atomic mass is 16.1. The monoisotopic (exact) mass is 290 g/mol. The highest BCUT2D eigenvalue weighted by Crippen LogP contribution is 2.11. The van der Waals surface area contributed by atoms with Gasteiger partial charge in [-0.1, -0.05) is 38.1 Å². The number of hydrogen-bond donors (Lipinski definition) is 1. The number of amides is 1. The van der Waals surface area contributed by atoms with Gasteiger partial charge in [0.15, 0.2) is 0 Å². The highest BCUT2D eigenvalue weighted by Gasteiger charge is 2.03. The Bertz CT molecular complexity index is 410. The molecule has 3 nitrogen and oxygen atoms in total. The zero-order valence-corrected chi connectivity index (χ0v) is 14.0. The number of nitrogens with one attached hydrogen (secondary N) is 1. The summed E-state index contributed by atoms with van der Waals surface area (Å²) in [7, 11) is 4.09. The first kappa shape index (κ1) is 17.7. The van der Waals surface area contributed by atoms with Gasteiger partial charge in [-0.05, 0) is 56.9 Å². The van der Waals surface area contributed by atoms with Gasteiger partial charge in [0.05, 0.1) is 0 Å². The third kappa shape index (κ3) is 8.51. The Morgan fingerprint density at radius 1 is 1.14 bits per heavy atom. The largest absolute Gasteiger partial charge is 0.356 e. The molecule has 21 heavy (non-hydrogen) atoms. The maximum absolute atomic E-state index is 11.7. The molecule has 0 aliphatic rings. The molecule has 0 radical (unpaired) electrons. The second-order valence-corrected chi connectivity index (χ2v) is 6.42. The SMILES string of the molecule is CC(C)Cc1ccc(CCC(=O)NCCCN(C)C)cc1. The van der Waals surface area contributed by atoms with Gasteiger partial charge in [-0.2, -0.15) is 0 Å². The molecule has 0 aliphatic carbocycles. The normalized spacial score (nSPS) is 11.1. The predicted molar refractivity (Wildman–Crippen MR) is 89.5 cm³/mol. The van der Waals surface area contributed by atoms with Crippen LogP contribution in [0.1, 0.15) is 37.8 Å². The van der Waals surface area contributed by atoms with Crippen molar-refractivity contribution in [2.24, 2.45) is 5.92 Å². The number of nitrogens with zero attached hydrogens (tertiary/aromatic N) is 1. The third-order valence-electron chi connectivity index (χ3n) is 3.41. The van der Waals surface area contributed by atoms with Gasteiger partial charge in [0.25, 0.3) is 0 Å². The van der Waals surface area contributed by atoms with Crippen LogP contribution in [0.5, 0.6) is 0 Å². The molecule has 1 rings (SSSR count). The molecule has 1 aromatic carbocycles. The lowest BCUT2D eigenvalue weighted by Gasteiger charge is -2.10. The van der Waals surface area contributed by atoms with Crippen molar-refractivity contribution in [3.8, 4) is 0 Å². The van der Waals surface area contributed by atoms with Gasteiger partial charge in [0.1, 0.15) is 0 Å². The molecule has 118 valence electrons. The Labute approximate surface area is 129 Å². The molecule has 0 fully saturated rings. The topological polar surface area (TPSA) is 32.3 Å². The van der Waals surface area contributed by atoms with Crippen molar-refractivity contribution in [1.29, 1.82) is 0 Å². The Morgan fingerprint density at radius 3 is 2.33 bits per heavy atom. The first-order chi connectivity index (χ1) is 9.97. The minimum absolute atomic E-state index is 0.153. The van der Waals surface area contributed by atoms with E-state index in [4.69, 9.17) is 0 Å². The summed E-state index contributed by atoms with van der Waals surface area (Å²) in [4.78, 5) is 13.9. The van der Waals surface area contributed by atoms with Crippen LogP contribution in [0.15, 0.2) is 24.3 Å². The van der Waals surface area contributed by atoms with E-state index in [1.807, 2.05) is 14.1 Å². The van der Waals surface area contributed by atoms with Gasteiger partial charge in [-0.15, -0.1) is 0 Å². The van der Waals surface area contributed by atoms with Gasteiger partial charge < -0.3 is 10.2 Å². The zero-order chi connectivity index (χ0) is 15.7. The van der Waals surface area contributed by atoms with E-state index in [1.54, 1.807) is 0 Å². The molecule has 1 amide bonds. The van der Waals surface area contributed by atoms with Crippen molar-refractivity contribution in [3.05, 3.63) is 35.4 Å². The van der Waals surface area contributed by atoms with E-state index in [-0.39, 0.29) is 5.91 Å². The third-order valence-corrected chi connectivity index (χ3v) is 3.41. The quantitative estimate of drug-likeness (QED) is 0.709. The summed E-state index contributed by atoms with van der Waals surface area (Å²) in [6.07, 6.45) is 3.52. The van der Waals surface area contributed by atoms with Crippen LogP contribution in [0.2, 0.25) is 0 Å². The lowest BCUT2D eigenvalue weighted by atomic mass is 10.0. The average Bonchev–Trinajstić information content (AvgIpc) is 2.42. The summed E-state index contributed by atoms with van der Waals surface area (Å²) < 4.78 is 0. The van der Waals surface area contributed by atoms with Gasteiger partial charge in [0.2, 0.25) is 5.91 Å². The molecule has 0 heterocycles. The van der Waals surface area contributed by atoms with Crippen LogP contribution in [0.3, 0.4) is 0 Å². The molecule has 0 saturated carbocycles. The summed E-state index contributed by atoms with van der Waals surface area (Å²) >= 11 is 0. The standard InChI is InChI=1S/C18H30N2O/c1-15(2)14-17-8-6-16(7-9-17)10-11-18(21)19-12-5-13-20(3)4/h6-9,15H,5,10-14H2,1-4H3,(H,19,21). The number of aryl methyl sites for hydroxylation is 1. The van der Waals surface area contributed by atoms with E-state index < -0.39 is 0 Å². The number of hydrogen-bond acceptors (Lipinski definition) is 2. The minimum atomic E-state index is 0.153. The smallest absolute Gasteiger partial charge is 0.220 e. The minimum Gasteiger partial charge on any atom is -0.356 e. The molecule has 0 saturated heterocycles. The first-order valence-electron chi connectivity index (χ1n) is 7.96. The molecule has 3 heteroatoms. The van der Waals surface area contributed by atoms with Crippen LogP contribution in [0.4, 0.5) is 0 Å². The van der Waals surface area contributed by atoms with E-state index in [1.165, 1.54) is 11.1 Å². The van der Waals surface area contributed by atoms with Crippen molar-refractivity contribution < 1.29 is 4.79 Å². The molecule has 0 aliphatic heterocycles. The molecule has 0 spiro atoms. The zero-order valence-electron chi connectivity index (χ0n) is 14.0. The molecule has 0 unspecified atom stereocenters. The van der Waals surface area contributed by atoms with Crippen molar-refractivity contribution in [3.63, 3.8) is 0 Å². The van der Waals surface area contributed by atoms with E-state index in [0.29, 0.717) is 12.3 Å². The maximum Gasteiger partial charge on any atom is 0.220 e. The Balaban J connectivity index is 2.23. The first-order valence-corrected chi connectivity index (χ1v) is 7.96. The van der Waals surface area contributed by atoms with Crippen LogP contribution >= 0.6 is 0 Å². The Kier molecular flexibility index (Phi) is 8.06. The van der Waals surface area contributed by atoms with Crippen molar-refractivity contribution in [1.82, 2.24) is 10.2 Å². The molecule has 0 aromatic heterocycles. The van der Waals surface area contributed by atoms with E-state index >= 15 is 0 Å². The summed E-state index contributed by atoms with van der Waals surface area (Å²) in [5, 5.41) is 2.98. The number of benzene rings is 1. The summed E-state index contributed by atoms with van der Waals surface area (Å²) in [5.41, 5.74) is 2.62. The van der Waals surface area contributed by atoms with Gasteiger partial charge in [0, 0.05) is 13.0 Å². The highest BCUT2D eigenvalue weighted by molar-refractivity contribution is 5.76. The second-order valence-electron chi connectivity index (χ2n) is 6.42. The van der Waals surface area contributed by atoms with Gasteiger partial charge >= 0.3 is 0 Å². The van der Waals surface area contributed by atoms with Crippen molar-refractivity contribution in [2.75, 3.05) is 27.2 Å². The molecule has 1 aromatic rings. The van der Waals surface area contributed by atoms with Crippen LogP contribution in [-0.2, 0) is 17.6 Å². The maximum atomic E-state index is 11.7. The Hall–Kier alpha value is -1.35. The van der Waals surface area contributed by atoms with E-state index in [0.717, 1.165) is 32.4 Å². The number of carbonyl (C=O) groups is 1. The van der Waals surface area contributed by atoms with Crippen LogP contribution in [-0.4, -0.2) is 38.0 Å².